The molecule has 2 atom stereocenters. The fourth-order valence-electron chi connectivity index (χ4n) is 2.23. The molecule has 0 bridgehead atoms. The van der Waals surface area contributed by atoms with E-state index in [9.17, 15) is 9.90 Å². The van der Waals surface area contributed by atoms with E-state index in [1.807, 2.05) is 37.3 Å². The topological polar surface area (TPSA) is 71.5 Å². The van der Waals surface area contributed by atoms with Crippen molar-refractivity contribution in [2.45, 2.75) is 32.4 Å². The number of nitrogens with zero attached hydrogens (tertiary/aromatic N) is 1. The molecular weight excluding hydrogens is 292 g/mol. The van der Waals surface area contributed by atoms with E-state index in [0.29, 0.717) is 24.5 Å². The van der Waals surface area contributed by atoms with E-state index in [-0.39, 0.29) is 5.91 Å². The van der Waals surface area contributed by atoms with Crippen molar-refractivity contribution in [1.29, 1.82) is 0 Å². The number of pyridine rings is 1. The normalized spacial score (nSPS) is 13.2. The Hall–Kier alpha value is -2.40. The minimum Gasteiger partial charge on any atom is -0.477 e. The summed E-state index contributed by atoms with van der Waals surface area (Å²) in [5.41, 5.74) is 1.39. The first-order valence-corrected chi connectivity index (χ1v) is 7.72. The number of aliphatic hydroxyl groups is 1. The summed E-state index contributed by atoms with van der Waals surface area (Å²) in [5, 5.41) is 13.1. The van der Waals surface area contributed by atoms with Crippen LogP contribution in [0.4, 0.5) is 0 Å². The number of hydrogen-bond acceptors (Lipinski definition) is 4. The highest BCUT2D eigenvalue weighted by Gasteiger charge is 2.20. The first kappa shape index (κ1) is 17.0. The first-order chi connectivity index (χ1) is 11.1. The lowest BCUT2D eigenvalue weighted by molar-refractivity contribution is 0.0847. The van der Waals surface area contributed by atoms with Crippen LogP contribution in [0.3, 0.4) is 0 Å². The van der Waals surface area contributed by atoms with Gasteiger partial charge in [0.25, 0.3) is 5.91 Å². The molecule has 2 rings (SSSR count). The Morgan fingerprint density at radius 2 is 2.00 bits per heavy atom. The Labute approximate surface area is 136 Å². The number of aliphatic hydroxyl groups excluding tert-OH is 1. The summed E-state index contributed by atoms with van der Waals surface area (Å²) in [6.45, 7) is 4.05. The summed E-state index contributed by atoms with van der Waals surface area (Å²) in [4.78, 5) is 16.4. The van der Waals surface area contributed by atoms with Gasteiger partial charge in [0.2, 0.25) is 5.88 Å². The zero-order valence-corrected chi connectivity index (χ0v) is 13.4. The summed E-state index contributed by atoms with van der Waals surface area (Å²) in [6, 6.07) is 12.6. The zero-order chi connectivity index (χ0) is 16.7. The molecule has 0 saturated carbocycles. The Balaban J connectivity index is 1.99. The van der Waals surface area contributed by atoms with Crippen molar-refractivity contribution in [2.24, 2.45) is 0 Å². The van der Waals surface area contributed by atoms with Gasteiger partial charge in [0.1, 0.15) is 5.56 Å². The zero-order valence-electron chi connectivity index (χ0n) is 13.4. The molecule has 0 aliphatic heterocycles. The second kappa shape index (κ2) is 8.29. The predicted octanol–water partition coefficient (Wildman–Crippen LogP) is 2.20. The number of carbonyl (C=O) groups is 1. The van der Waals surface area contributed by atoms with E-state index in [1.54, 1.807) is 25.3 Å². The maximum Gasteiger partial charge on any atom is 0.257 e. The van der Waals surface area contributed by atoms with Crippen molar-refractivity contribution in [3.8, 4) is 5.88 Å². The van der Waals surface area contributed by atoms with Gasteiger partial charge in [-0.05, 0) is 31.5 Å². The van der Waals surface area contributed by atoms with Crippen molar-refractivity contribution >= 4 is 5.91 Å². The molecule has 1 aromatic carbocycles. The Morgan fingerprint density at radius 3 is 2.70 bits per heavy atom. The quantitative estimate of drug-likeness (QED) is 0.822. The van der Waals surface area contributed by atoms with Crippen molar-refractivity contribution in [2.75, 3.05) is 6.61 Å². The molecule has 1 heterocycles. The molecule has 0 fully saturated rings. The number of nitrogens with one attached hydrogen (secondary N) is 1. The molecule has 0 radical (unpaired) electrons. The van der Waals surface area contributed by atoms with Gasteiger partial charge in [0.15, 0.2) is 0 Å². The van der Waals surface area contributed by atoms with E-state index < -0.39 is 12.1 Å². The molecule has 0 aliphatic rings. The average Bonchev–Trinajstić information content (AvgIpc) is 2.56. The lowest BCUT2D eigenvalue weighted by Crippen LogP contribution is -2.42. The Morgan fingerprint density at radius 1 is 1.26 bits per heavy atom. The van der Waals surface area contributed by atoms with Gasteiger partial charge in [0, 0.05) is 12.6 Å². The lowest BCUT2D eigenvalue weighted by Gasteiger charge is -2.21. The van der Waals surface area contributed by atoms with Crippen molar-refractivity contribution in [3.63, 3.8) is 0 Å². The number of ether oxygens (including phenoxy) is 1. The second-order valence-corrected chi connectivity index (χ2v) is 5.31. The maximum atomic E-state index is 12.4. The highest BCUT2D eigenvalue weighted by Crippen LogP contribution is 2.15. The Bertz CT molecular complexity index is 631. The maximum absolute atomic E-state index is 12.4. The molecule has 0 saturated heterocycles. The standard InChI is InChI=1S/C18H22N2O3/c1-3-23-18-15(10-7-11-19-18)17(22)20-13(2)16(21)12-14-8-5-4-6-9-14/h4-11,13,16,21H,3,12H2,1-2H3,(H,20,22). The smallest absolute Gasteiger partial charge is 0.257 e. The minimum absolute atomic E-state index is 0.303. The molecule has 122 valence electrons. The van der Waals surface area contributed by atoms with Crippen LogP contribution in [-0.4, -0.2) is 34.8 Å². The summed E-state index contributed by atoms with van der Waals surface area (Å²) in [6.07, 6.45) is 1.39. The van der Waals surface area contributed by atoms with E-state index in [2.05, 4.69) is 10.3 Å². The summed E-state index contributed by atoms with van der Waals surface area (Å²) < 4.78 is 5.36. The van der Waals surface area contributed by atoms with Crippen LogP contribution in [0.2, 0.25) is 0 Å². The molecule has 5 nitrogen and oxygen atoms in total. The number of hydrogen-bond donors (Lipinski definition) is 2. The van der Waals surface area contributed by atoms with Crippen LogP contribution >= 0.6 is 0 Å². The van der Waals surface area contributed by atoms with Gasteiger partial charge in [-0.3, -0.25) is 4.79 Å². The molecule has 1 amide bonds. The SMILES string of the molecule is CCOc1ncccc1C(=O)NC(C)C(O)Cc1ccccc1. The van der Waals surface area contributed by atoms with Crippen molar-refractivity contribution < 1.29 is 14.6 Å². The van der Waals surface area contributed by atoms with Gasteiger partial charge >= 0.3 is 0 Å². The van der Waals surface area contributed by atoms with Crippen LogP contribution in [-0.2, 0) is 6.42 Å². The molecule has 2 unspecified atom stereocenters. The van der Waals surface area contributed by atoms with E-state index in [1.165, 1.54) is 0 Å². The third-order valence-electron chi connectivity index (χ3n) is 3.52. The van der Waals surface area contributed by atoms with E-state index in [4.69, 9.17) is 4.74 Å². The third-order valence-corrected chi connectivity index (χ3v) is 3.52. The monoisotopic (exact) mass is 314 g/mol. The summed E-state index contributed by atoms with van der Waals surface area (Å²) in [7, 11) is 0. The number of benzene rings is 1. The molecular formula is C18H22N2O3. The Kier molecular flexibility index (Phi) is 6.11. The summed E-state index contributed by atoms with van der Waals surface area (Å²) >= 11 is 0. The van der Waals surface area contributed by atoms with E-state index in [0.717, 1.165) is 5.56 Å². The number of amides is 1. The third kappa shape index (κ3) is 4.79. The molecule has 1 aromatic heterocycles. The highest BCUT2D eigenvalue weighted by molar-refractivity contribution is 5.96. The fourth-order valence-corrected chi connectivity index (χ4v) is 2.23. The van der Waals surface area contributed by atoms with Gasteiger partial charge < -0.3 is 15.2 Å². The van der Waals surface area contributed by atoms with Gasteiger partial charge in [-0.15, -0.1) is 0 Å². The second-order valence-electron chi connectivity index (χ2n) is 5.31. The molecule has 0 spiro atoms. The molecule has 5 heteroatoms. The number of rotatable bonds is 7. The van der Waals surface area contributed by atoms with Crippen molar-refractivity contribution in [3.05, 3.63) is 59.8 Å². The van der Waals surface area contributed by atoms with Gasteiger partial charge in [0.05, 0.1) is 18.8 Å². The van der Waals surface area contributed by atoms with Gasteiger partial charge in [-0.2, -0.15) is 0 Å². The number of carbonyl (C=O) groups excluding carboxylic acids is 1. The van der Waals surface area contributed by atoms with Crippen LogP contribution in [0, 0.1) is 0 Å². The molecule has 2 aromatic rings. The first-order valence-electron chi connectivity index (χ1n) is 7.72. The molecule has 23 heavy (non-hydrogen) atoms. The highest BCUT2D eigenvalue weighted by atomic mass is 16.5. The number of aromatic nitrogens is 1. The van der Waals surface area contributed by atoms with E-state index >= 15 is 0 Å². The van der Waals surface area contributed by atoms with Gasteiger partial charge in [-0.25, -0.2) is 4.98 Å². The average molecular weight is 314 g/mol. The predicted molar refractivity (Wildman–Crippen MR) is 88.5 cm³/mol. The largest absolute Gasteiger partial charge is 0.477 e. The van der Waals surface area contributed by atoms with Gasteiger partial charge in [-0.1, -0.05) is 30.3 Å². The lowest BCUT2D eigenvalue weighted by atomic mass is 10.0. The van der Waals surface area contributed by atoms with Crippen LogP contribution in [0.5, 0.6) is 5.88 Å². The van der Waals surface area contributed by atoms with Crippen LogP contribution in [0.1, 0.15) is 29.8 Å². The fraction of sp³-hybridized carbons (Fsp3) is 0.333. The van der Waals surface area contributed by atoms with Crippen LogP contribution in [0.25, 0.3) is 0 Å². The minimum atomic E-state index is -0.673. The summed E-state index contributed by atoms with van der Waals surface area (Å²) in [5.74, 6) is -0.00147. The molecule has 0 aliphatic carbocycles. The van der Waals surface area contributed by atoms with Crippen LogP contribution in [0.15, 0.2) is 48.7 Å². The van der Waals surface area contributed by atoms with Crippen LogP contribution < -0.4 is 10.1 Å². The van der Waals surface area contributed by atoms with Crippen molar-refractivity contribution in [1.82, 2.24) is 10.3 Å². The molecule has 2 N–H and O–H groups in total.